The lowest BCUT2D eigenvalue weighted by Crippen LogP contribution is -2.44. The molecule has 204 valence electrons. The van der Waals surface area contributed by atoms with Crippen LogP contribution in [0.5, 0.6) is 5.75 Å². The Labute approximate surface area is 236 Å². The van der Waals surface area contributed by atoms with Crippen LogP contribution in [0.1, 0.15) is 66.9 Å². The molecule has 5 atom stereocenters. The normalized spacial score (nSPS) is 28.8. The van der Waals surface area contributed by atoms with Crippen molar-refractivity contribution in [2.75, 3.05) is 30.3 Å². The average molecular weight is 555 g/mol. The van der Waals surface area contributed by atoms with E-state index in [1.54, 1.807) is 0 Å². The van der Waals surface area contributed by atoms with Crippen molar-refractivity contribution in [1.29, 1.82) is 0 Å². The van der Waals surface area contributed by atoms with Crippen LogP contribution in [0.25, 0.3) is 0 Å². The summed E-state index contributed by atoms with van der Waals surface area (Å²) in [5.41, 5.74) is 4.17. The average Bonchev–Trinajstić information content (AvgIpc) is 3.05. The van der Waals surface area contributed by atoms with Crippen molar-refractivity contribution in [3.8, 4) is 5.75 Å². The minimum atomic E-state index is -0.418. The lowest BCUT2D eigenvalue weighted by Gasteiger charge is -2.42. The van der Waals surface area contributed by atoms with Gasteiger partial charge in [-0.2, -0.15) is 0 Å². The molecule has 38 heavy (non-hydrogen) atoms. The van der Waals surface area contributed by atoms with Gasteiger partial charge in [-0.25, -0.2) is 0 Å². The molecule has 0 radical (unpaired) electrons. The maximum Gasteiger partial charge on any atom is 0.261 e. The van der Waals surface area contributed by atoms with Gasteiger partial charge in [0, 0.05) is 35.3 Å². The Kier molecular flexibility index (Phi) is 8.91. The van der Waals surface area contributed by atoms with E-state index in [1.807, 2.05) is 30.3 Å². The summed E-state index contributed by atoms with van der Waals surface area (Å²) in [5, 5.41) is 11.8. The number of anilines is 1. The van der Waals surface area contributed by atoms with E-state index < -0.39 is 6.10 Å². The van der Waals surface area contributed by atoms with Crippen molar-refractivity contribution >= 4 is 35.1 Å². The third-order valence-electron chi connectivity index (χ3n) is 8.28. The quantitative estimate of drug-likeness (QED) is 0.329. The van der Waals surface area contributed by atoms with Crippen molar-refractivity contribution in [3.05, 3.63) is 70.3 Å². The fourth-order valence-corrected chi connectivity index (χ4v) is 6.93. The SMILES string of the molecule is CCCc1cc(Cl)ccc1C1COc2ccc3cc2N(C1)CC1CCC1C(O)/C=C/C[C@@H](C)CSNC3=O. The molecule has 1 aliphatic carbocycles. The fourth-order valence-electron chi connectivity index (χ4n) is 5.98. The van der Waals surface area contributed by atoms with Crippen LogP contribution in [-0.4, -0.2) is 42.6 Å². The second-order valence-corrected chi connectivity index (χ2v) is 12.5. The van der Waals surface area contributed by atoms with Crippen LogP contribution >= 0.6 is 23.5 Å². The molecule has 1 saturated carbocycles. The number of fused-ring (bicyclic) bond motifs is 2. The number of aryl methyl sites for hydroxylation is 1. The van der Waals surface area contributed by atoms with E-state index in [-0.39, 0.29) is 17.7 Å². The van der Waals surface area contributed by atoms with E-state index in [9.17, 15) is 9.90 Å². The molecule has 0 saturated heterocycles. The number of carbonyl (C=O) groups is 1. The van der Waals surface area contributed by atoms with Crippen LogP contribution in [0.2, 0.25) is 5.02 Å². The van der Waals surface area contributed by atoms with Crippen LogP contribution in [0.15, 0.2) is 48.6 Å². The minimum absolute atomic E-state index is 0.0757. The third kappa shape index (κ3) is 6.19. The summed E-state index contributed by atoms with van der Waals surface area (Å²) < 4.78 is 9.44. The van der Waals surface area contributed by atoms with E-state index in [4.69, 9.17) is 16.3 Å². The summed E-state index contributed by atoms with van der Waals surface area (Å²) in [6, 6.07) is 12.0. The van der Waals surface area contributed by atoms with E-state index in [2.05, 4.69) is 41.7 Å². The number of allylic oxidation sites excluding steroid dienone is 1. The summed E-state index contributed by atoms with van der Waals surface area (Å²) >= 11 is 7.83. The summed E-state index contributed by atoms with van der Waals surface area (Å²) in [4.78, 5) is 15.4. The number of nitrogens with one attached hydrogen (secondary N) is 1. The number of aliphatic hydroxyl groups excluding tert-OH is 1. The van der Waals surface area contributed by atoms with E-state index in [1.165, 1.54) is 23.1 Å². The van der Waals surface area contributed by atoms with Crippen molar-refractivity contribution in [3.63, 3.8) is 0 Å². The highest BCUT2D eigenvalue weighted by Crippen LogP contribution is 2.42. The van der Waals surface area contributed by atoms with Gasteiger partial charge in [0.15, 0.2) is 0 Å². The number of ether oxygens (including phenoxy) is 1. The van der Waals surface area contributed by atoms with E-state index in [0.717, 1.165) is 67.4 Å². The largest absolute Gasteiger partial charge is 0.491 e. The molecule has 2 N–H and O–H groups in total. The zero-order valence-electron chi connectivity index (χ0n) is 22.4. The molecule has 4 unspecified atom stereocenters. The van der Waals surface area contributed by atoms with E-state index in [0.29, 0.717) is 24.0 Å². The van der Waals surface area contributed by atoms with Crippen LogP contribution < -0.4 is 14.4 Å². The Morgan fingerprint density at radius 1 is 1.18 bits per heavy atom. The Morgan fingerprint density at radius 2 is 2.05 bits per heavy atom. The number of rotatable bonds is 3. The monoisotopic (exact) mass is 554 g/mol. The van der Waals surface area contributed by atoms with Gasteiger partial charge in [-0.3, -0.25) is 9.52 Å². The molecule has 2 aromatic rings. The molecule has 2 heterocycles. The zero-order chi connectivity index (χ0) is 26.6. The van der Waals surface area contributed by atoms with Crippen LogP contribution in [0.4, 0.5) is 5.69 Å². The molecule has 0 aromatic heterocycles. The molecule has 7 heteroatoms. The van der Waals surface area contributed by atoms with Gasteiger partial charge in [0.05, 0.1) is 18.4 Å². The van der Waals surface area contributed by atoms with Crippen LogP contribution in [-0.2, 0) is 6.42 Å². The predicted molar refractivity (Wildman–Crippen MR) is 157 cm³/mol. The summed E-state index contributed by atoms with van der Waals surface area (Å²) in [7, 11) is 0. The Hall–Kier alpha value is -2.15. The highest BCUT2D eigenvalue weighted by molar-refractivity contribution is 7.97. The number of halogens is 1. The van der Waals surface area contributed by atoms with Crippen molar-refractivity contribution in [2.45, 2.75) is 58.0 Å². The van der Waals surface area contributed by atoms with Crippen molar-refractivity contribution < 1.29 is 14.6 Å². The maximum atomic E-state index is 13.0. The first-order valence-corrected chi connectivity index (χ1v) is 15.4. The predicted octanol–water partition coefficient (Wildman–Crippen LogP) is 6.64. The first-order chi connectivity index (χ1) is 18.4. The maximum absolute atomic E-state index is 13.0. The smallest absolute Gasteiger partial charge is 0.261 e. The number of hydrogen-bond donors (Lipinski definition) is 2. The minimum Gasteiger partial charge on any atom is -0.491 e. The third-order valence-corrected chi connectivity index (χ3v) is 9.58. The molecular weight excluding hydrogens is 516 g/mol. The van der Waals surface area contributed by atoms with Gasteiger partial charge in [-0.1, -0.05) is 50.1 Å². The molecule has 5 nitrogen and oxygen atoms in total. The number of amides is 1. The summed E-state index contributed by atoms with van der Waals surface area (Å²) in [6.07, 6.45) is 8.75. The number of benzene rings is 2. The molecule has 2 aromatic carbocycles. The second kappa shape index (κ2) is 12.4. The van der Waals surface area contributed by atoms with Gasteiger partial charge < -0.3 is 14.7 Å². The number of aliphatic hydroxyl groups is 1. The molecule has 0 spiro atoms. The van der Waals surface area contributed by atoms with Gasteiger partial charge in [-0.15, -0.1) is 0 Å². The Morgan fingerprint density at radius 3 is 2.84 bits per heavy atom. The molecular formula is C31H39ClN2O3S. The van der Waals surface area contributed by atoms with Gasteiger partial charge >= 0.3 is 0 Å². The molecule has 2 aliphatic heterocycles. The van der Waals surface area contributed by atoms with Crippen LogP contribution in [0.3, 0.4) is 0 Å². The second-order valence-electron chi connectivity index (χ2n) is 11.2. The Bertz CT molecular complexity index is 1170. The van der Waals surface area contributed by atoms with Crippen LogP contribution in [0, 0.1) is 17.8 Å². The molecule has 3 aliphatic rings. The Balaban J connectivity index is 1.49. The van der Waals surface area contributed by atoms with Gasteiger partial charge in [0.1, 0.15) is 5.75 Å². The first-order valence-electron chi connectivity index (χ1n) is 14.0. The lowest BCUT2D eigenvalue weighted by molar-refractivity contribution is 0.0461. The van der Waals surface area contributed by atoms with Gasteiger partial charge in [-0.05, 0) is 96.8 Å². The molecule has 1 fully saturated rings. The fraction of sp³-hybridized carbons (Fsp3) is 0.516. The standard InChI is InChI=1S/C31H39ClN2O3S/c1-3-5-21-14-25(32)10-12-26(21)24-17-34-16-23-8-11-27(23)29(35)7-4-6-20(2)19-38-33-31(36)22-9-13-30(37-18-24)28(34)15-22/h4,7,9-10,12-15,20,23-24,27,29,35H,3,5-6,8,11,16-19H2,1-2H3,(H,33,36)/b7-4+/t20-,23?,24?,27?,29?/m1/s1. The van der Waals surface area contributed by atoms with E-state index >= 15 is 0 Å². The molecule has 2 bridgehead atoms. The number of hydrogen-bond acceptors (Lipinski definition) is 5. The zero-order valence-corrected chi connectivity index (χ0v) is 23.9. The summed E-state index contributed by atoms with van der Waals surface area (Å²) in [5.74, 6) is 2.78. The molecule has 1 amide bonds. The number of carbonyl (C=O) groups excluding carboxylic acids is 1. The molecule has 5 rings (SSSR count). The first kappa shape index (κ1) is 27.4. The lowest BCUT2D eigenvalue weighted by atomic mass is 9.70. The van der Waals surface area contributed by atoms with Crippen molar-refractivity contribution in [2.24, 2.45) is 17.8 Å². The van der Waals surface area contributed by atoms with Gasteiger partial charge in [0.2, 0.25) is 0 Å². The summed E-state index contributed by atoms with van der Waals surface area (Å²) in [6.45, 7) is 6.55. The van der Waals surface area contributed by atoms with Gasteiger partial charge in [0.25, 0.3) is 5.91 Å². The topological polar surface area (TPSA) is 61.8 Å². The number of nitrogens with zero attached hydrogens (tertiary/aromatic N) is 1. The van der Waals surface area contributed by atoms with Crippen molar-refractivity contribution in [1.82, 2.24) is 4.72 Å². The highest BCUT2D eigenvalue weighted by atomic mass is 35.5. The highest BCUT2D eigenvalue weighted by Gasteiger charge is 2.38.